The van der Waals surface area contributed by atoms with Crippen molar-refractivity contribution in [2.24, 2.45) is 0 Å². The molecule has 0 N–H and O–H groups in total. The standard InChI is InChI=1S/C63H100O6/c1-4-7-10-13-16-18-20-22-24-26-27-28-29-30-31-32-33-34-35-37-38-40-42-44-47-50-53-56-62(65)68-59-60(58-67-61(64)55-52-49-46-15-12-9-6-3)69-63(66)57-54-51-48-45-43-41-39-36-25-23-21-19-17-14-11-8-5-2/h7-8,10-11,16-19,22-25,27-28,30-31,33-34,37-38,42,44,60H,4-6,9,12-15,20-21,26,29,32,35-36,39-41,43,45-59H2,1-3H3/b10-7-,11-8-,18-16-,19-17-,24-22-,25-23-,28-27-,31-30-,34-33-,38-37-,44-42-. The largest absolute Gasteiger partial charge is 0.462 e. The first kappa shape index (κ1) is 64.5. The van der Waals surface area contributed by atoms with Gasteiger partial charge in [-0.2, -0.15) is 0 Å². The van der Waals surface area contributed by atoms with Crippen molar-refractivity contribution in [1.82, 2.24) is 0 Å². The SMILES string of the molecule is CC/C=C\C/C=C\C/C=C\C/C=C\C/C=C\C/C=C\C/C=C\C/C=C\CCCCC(=O)OCC(COC(=O)CCCCCCCCC)OC(=O)CCCCCCCCC/C=C\C/C=C\C/C=C\CC. The molecule has 1 unspecified atom stereocenters. The molecule has 1 atom stereocenters. The molecule has 0 saturated carbocycles. The third kappa shape index (κ3) is 54.4. The van der Waals surface area contributed by atoms with Crippen LogP contribution in [0.15, 0.2) is 134 Å². The van der Waals surface area contributed by atoms with Gasteiger partial charge in [-0.05, 0) is 116 Å². The minimum atomic E-state index is -0.803. The van der Waals surface area contributed by atoms with Gasteiger partial charge in [0.25, 0.3) is 0 Å². The molecule has 0 bridgehead atoms. The molecule has 388 valence electrons. The van der Waals surface area contributed by atoms with E-state index in [1.54, 1.807) is 0 Å². The first-order valence-corrected chi connectivity index (χ1v) is 27.7. The summed E-state index contributed by atoms with van der Waals surface area (Å²) in [5.41, 5.74) is 0. The van der Waals surface area contributed by atoms with Crippen molar-refractivity contribution in [3.8, 4) is 0 Å². The molecule has 0 saturated heterocycles. The molecule has 6 nitrogen and oxygen atoms in total. The number of ether oxygens (including phenoxy) is 3. The van der Waals surface area contributed by atoms with Gasteiger partial charge in [0.15, 0.2) is 6.10 Å². The molecule has 0 spiro atoms. The van der Waals surface area contributed by atoms with Crippen molar-refractivity contribution in [2.45, 2.75) is 232 Å². The fourth-order valence-corrected chi connectivity index (χ4v) is 7.06. The second-order valence-corrected chi connectivity index (χ2v) is 17.7. The molecule has 0 aliphatic rings. The number of carbonyl (C=O) groups excluding carboxylic acids is 3. The van der Waals surface area contributed by atoms with Crippen molar-refractivity contribution in [3.63, 3.8) is 0 Å². The molecule has 0 aromatic heterocycles. The number of hydrogen-bond acceptors (Lipinski definition) is 6. The molecule has 0 aromatic carbocycles. The Hall–Kier alpha value is -4.45. The molecular weight excluding hydrogens is 853 g/mol. The van der Waals surface area contributed by atoms with Crippen LogP contribution in [0.3, 0.4) is 0 Å². The zero-order chi connectivity index (χ0) is 50.0. The predicted octanol–water partition coefficient (Wildman–Crippen LogP) is 18.6. The van der Waals surface area contributed by atoms with Gasteiger partial charge >= 0.3 is 17.9 Å². The fourth-order valence-electron chi connectivity index (χ4n) is 7.06. The normalized spacial score (nSPS) is 13.1. The van der Waals surface area contributed by atoms with Crippen LogP contribution in [0.1, 0.15) is 226 Å². The van der Waals surface area contributed by atoms with Gasteiger partial charge < -0.3 is 14.2 Å². The van der Waals surface area contributed by atoms with Gasteiger partial charge in [0, 0.05) is 19.3 Å². The van der Waals surface area contributed by atoms with Crippen molar-refractivity contribution in [1.29, 1.82) is 0 Å². The Labute approximate surface area is 424 Å². The fraction of sp³-hybridized carbons (Fsp3) is 0.603. The second kappa shape index (κ2) is 56.1. The number of esters is 3. The summed E-state index contributed by atoms with van der Waals surface area (Å²) in [5.74, 6) is -0.969. The van der Waals surface area contributed by atoms with Crippen LogP contribution < -0.4 is 0 Å². The van der Waals surface area contributed by atoms with Gasteiger partial charge in [0.2, 0.25) is 0 Å². The van der Waals surface area contributed by atoms with E-state index in [-0.39, 0.29) is 31.1 Å². The topological polar surface area (TPSA) is 78.9 Å². The monoisotopic (exact) mass is 953 g/mol. The van der Waals surface area contributed by atoms with Crippen molar-refractivity contribution < 1.29 is 28.6 Å². The maximum Gasteiger partial charge on any atom is 0.306 e. The Bertz CT molecular complexity index is 1510. The average Bonchev–Trinajstić information content (AvgIpc) is 3.35. The highest BCUT2D eigenvalue weighted by Gasteiger charge is 2.19. The Balaban J connectivity index is 4.33. The number of carbonyl (C=O) groups is 3. The van der Waals surface area contributed by atoms with Crippen molar-refractivity contribution >= 4 is 17.9 Å². The molecule has 0 aliphatic heterocycles. The number of unbranched alkanes of at least 4 members (excludes halogenated alkanes) is 15. The summed E-state index contributed by atoms with van der Waals surface area (Å²) in [5, 5.41) is 0. The lowest BCUT2D eigenvalue weighted by Crippen LogP contribution is -2.30. The minimum Gasteiger partial charge on any atom is -0.462 e. The molecule has 0 aromatic rings. The van der Waals surface area contributed by atoms with E-state index in [9.17, 15) is 14.4 Å². The molecule has 0 rings (SSSR count). The van der Waals surface area contributed by atoms with Crippen LogP contribution in [0, 0.1) is 0 Å². The summed E-state index contributed by atoms with van der Waals surface area (Å²) in [6.07, 6.45) is 78.9. The van der Waals surface area contributed by atoms with Gasteiger partial charge in [-0.15, -0.1) is 0 Å². The highest BCUT2D eigenvalue weighted by Crippen LogP contribution is 2.13. The average molecular weight is 953 g/mol. The van der Waals surface area contributed by atoms with Gasteiger partial charge in [-0.3, -0.25) is 14.4 Å². The lowest BCUT2D eigenvalue weighted by molar-refractivity contribution is -0.167. The Morgan fingerprint density at radius 1 is 0.304 bits per heavy atom. The minimum absolute atomic E-state index is 0.0997. The molecule has 0 heterocycles. The van der Waals surface area contributed by atoms with E-state index < -0.39 is 6.10 Å². The van der Waals surface area contributed by atoms with Crippen LogP contribution in [0.5, 0.6) is 0 Å². The van der Waals surface area contributed by atoms with Gasteiger partial charge in [0.1, 0.15) is 13.2 Å². The van der Waals surface area contributed by atoms with Crippen LogP contribution >= 0.6 is 0 Å². The first-order valence-electron chi connectivity index (χ1n) is 27.7. The van der Waals surface area contributed by atoms with E-state index in [1.165, 1.54) is 51.4 Å². The second-order valence-electron chi connectivity index (χ2n) is 17.7. The van der Waals surface area contributed by atoms with E-state index in [2.05, 4.69) is 154 Å². The van der Waals surface area contributed by atoms with Gasteiger partial charge in [0.05, 0.1) is 0 Å². The lowest BCUT2D eigenvalue weighted by Gasteiger charge is -2.18. The van der Waals surface area contributed by atoms with Gasteiger partial charge in [-0.25, -0.2) is 0 Å². The van der Waals surface area contributed by atoms with Crippen LogP contribution in [0.4, 0.5) is 0 Å². The zero-order valence-electron chi connectivity index (χ0n) is 44.3. The molecule has 0 radical (unpaired) electrons. The Kier molecular flexibility index (Phi) is 52.5. The third-order valence-electron chi connectivity index (χ3n) is 11.2. The third-order valence-corrected chi connectivity index (χ3v) is 11.2. The highest BCUT2D eigenvalue weighted by atomic mass is 16.6. The number of allylic oxidation sites excluding steroid dienone is 22. The molecule has 69 heavy (non-hydrogen) atoms. The summed E-state index contributed by atoms with van der Waals surface area (Å²) in [4.78, 5) is 37.9. The van der Waals surface area contributed by atoms with Crippen LogP contribution in [-0.2, 0) is 28.6 Å². The van der Waals surface area contributed by atoms with E-state index in [1.807, 2.05) is 0 Å². The maximum absolute atomic E-state index is 12.8. The molecule has 0 amide bonds. The van der Waals surface area contributed by atoms with Gasteiger partial charge in [-0.1, -0.05) is 225 Å². The molecule has 0 aliphatic carbocycles. The maximum atomic E-state index is 12.8. The van der Waals surface area contributed by atoms with Crippen LogP contribution in [0.2, 0.25) is 0 Å². The molecule has 6 heteroatoms. The van der Waals surface area contributed by atoms with E-state index in [0.29, 0.717) is 25.7 Å². The van der Waals surface area contributed by atoms with E-state index in [0.717, 1.165) is 128 Å². The summed E-state index contributed by atoms with van der Waals surface area (Å²) >= 11 is 0. The van der Waals surface area contributed by atoms with E-state index in [4.69, 9.17) is 14.2 Å². The summed E-state index contributed by atoms with van der Waals surface area (Å²) in [6, 6.07) is 0. The first-order chi connectivity index (χ1) is 34.0. The van der Waals surface area contributed by atoms with Crippen LogP contribution in [-0.4, -0.2) is 37.2 Å². The quantitative estimate of drug-likeness (QED) is 0.0262. The Morgan fingerprint density at radius 3 is 0.913 bits per heavy atom. The summed E-state index contributed by atoms with van der Waals surface area (Å²) in [7, 11) is 0. The number of rotatable bonds is 48. The van der Waals surface area contributed by atoms with E-state index >= 15 is 0 Å². The summed E-state index contributed by atoms with van der Waals surface area (Å²) in [6.45, 7) is 6.31. The highest BCUT2D eigenvalue weighted by molar-refractivity contribution is 5.71. The predicted molar refractivity (Wildman–Crippen MR) is 297 cm³/mol. The van der Waals surface area contributed by atoms with Crippen LogP contribution in [0.25, 0.3) is 0 Å². The van der Waals surface area contributed by atoms with Crippen molar-refractivity contribution in [2.75, 3.05) is 13.2 Å². The molecular formula is C63H100O6. The number of hydrogen-bond donors (Lipinski definition) is 0. The summed E-state index contributed by atoms with van der Waals surface area (Å²) < 4.78 is 16.7. The Morgan fingerprint density at radius 2 is 0.565 bits per heavy atom. The smallest absolute Gasteiger partial charge is 0.306 e. The zero-order valence-corrected chi connectivity index (χ0v) is 44.3. The molecule has 0 fully saturated rings. The van der Waals surface area contributed by atoms with Crippen molar-refractivity contribution in [3.05, 3.63) is 134 Å². The lowest BCUT2D eigenvalue weighted by atomic mass is 10.1.